The van der Waals surface area contributed by atoms with Crippen LogP contribution >= 0.6 is 11.3 Å². The molecule has 102 valence electrons. The molecule has 1 N–H and O–H groups in total. The predicted octanol–water partition coefficient (Wildman–Crippen LogP) is 3.66. The molecule has 1 heterocycles. The van der Waals surface area contributed by atoms with E-state index < -0.39 is 0 Å². The van der Waals surface area contributed by atoms with Crippen LogP contribution in [0.3, 0.4) is 0 Å². The second-order valence-corrected chi connectivity index (χ2v) is 6.38. The van der Waals surface area contributed by atoms with Crippen LogP contribution in [0, 0.1) is 0 Å². The highest BCUT2D eigenvalue weighted by Crippen LogP contribution is 2.32. The lowest BCUT2D eigenvalue weighted by Crippen LogP contribution is -2.41. The van der Waals surface area contributed by atoms with Crippen LogP contribution in [0.2, 0.25) is 0 Å². The third-order valence-corrected chi connectivity index (χ3v) is 5.40. The molecule has 0 spiro atoms. The lowest BCUT2D eigenvalue weighted by Gasteiger charge is -2.38. The van der Waals surface area contributed by atoms with E-state index in [2.05, 4.69) is 48.7 Å². The molecule has 3 heteroatoms. The van der Waals surface area contributed by atoms with Crippen molar-refractivity contribution in [3.63, 3.8) is 0 Å². The molecule has 0 aliphatic heterocycles. The predicted molar refractivity (Wildman–Crippen MR) is 80.2 cm³/mol. The van der Waals surface area contributed by atoms with Crippen LogP contribution in [0.5, 0.6) is 0 Å². The molecule has 1 aromatic rings. The highest BCUT2D eigenvalue weighted by molar-refractivity contribution is 7.10. The number of rotatable bonds is 5. The van der Waals surface area contributed by atoms with E-state index in [1.54, 1.807) is 0 Å². The van der Waals surface area contributed by atoms with Gasteiger partial charge in [0.2, 0.25) is 0 Å². The fraction of sp³-hybridized carbons (Fsp3) is 0.733. The summed E-state index contributed by atoms with van der Waals surface area (Å²) in [6.07, 6.45) is 6.54. The van der Waals surface area contributed by atoms with Gasteiger partial charge in [-0.1, -0.05) is 13.0 Å². The highest BCUT2D eigenvalue weighted by Gasteiger charge is 2.27. The van der Waals surface area contributed by atoms with Crippen LogP contribution in [0.25, 0.3) is 0 Å². The van der Waals surface area contributed by atoms with Gasteiger partial charge in [-0.15, -0.1) is 11.3 Å². The Balaban J connectivity index is 1.96. The van der Waals surface area contributed by atoms with E-state index >= 15 is 0 Å². The van der Waals surface area contributed by atoms with E-state index in [4.69, 9.17) is 0 Å². The van der Waals surface area contributed by atoms with Gasteiger partial charge in [0.05, 0.1) is 0 Å². The van der Waals surface area contributed by atoms with E-state index in [-0.39, 0.29) is 0 Å². The van der Waals surface area contributed by atoms with E-state index in [0.717, 1.165) is 12.1 Å². The van der Waals surface area contributed by atoms with Crippen molar-refractivity contribution >= 4 is 11.3 Å². The zero-order chi connectivity index (χ0) is 13.0. The van der Waals surface area contributed by atoms with Crippen LogP contribution in [-0.2, 0) is 0 Å². The third kappa shape index (κ3) is 3.14. The summed E-state index contributed by atoms with van der Waals surface area (Å²) in [4.78, 5) is 4.15. The Hall–Kier alpha value is -0.380. The van der Waals surface area contributed by atoms with Gasteiger partial charge in [0, 0.05) is 23.0 Å². The third-order valence-electron chi connectivity index (χ3n) is 4.43. The molecule has 1 aliphatic carbocycles. The zero-order valence-corrected chi connectivity index (χ0v) is 12.7. The van der Waals surface area contributed by atoms with E-state index in [0.29, 0.717) is 6.04 Å². The Morgan fingerprint density at radius 1 is 1.39 bits per heavy atom. The maximum absolute atomic E-state index is 3.42. The molecule has 0 radical (unpaired) electrons. The molecule has 0 bridgehead atoms. The smallest absolute Gasteiger partial charge is 0.0438 e. The molecule has 0 amide bonds. The number of thiophene rings is 1. The van der Waals surface area contributed by atoms with Crippen LogP contribution in [0.1, 0.15) is 49.9 Å². The molecule has 0 aromatic carbocycles. The minimum Gasteiger partial charge on any atom is -0.317 e. The van der Waals surface area contributed by atoms with Gasteiger partial charge in [0.25, 0.3) is 0 Å². The van der Waals surface area contributed by atoms with Crippen molar-refractivity contribution < 1.29 is 0 Å². The molecule has 1 unspecified atom stereocenters. The standard InChI is InChI=1S/C15H26N2S/c1-4-14(15-6-5-11-18-15)17(3)13-9-7-12(16-2)8-10-13/h5-6,11-14,16H,4,7-10H2,1-3H3. The summed E-state index contributed by atoms with van der Waals surface area (Å²) in [5, 5.41) is 5.62. The Morgan fingerprint density at radius 2 is 2.11 bits per heavy atom. The average molecular weight is 266 g/mol. The molecule has 2 nitrogen and oxygen atoms in total. The molecule has 1 aliphatic rings. The second-order valence-electron chi connectivity index (χ2n) is 5.40. The summed E-state index contributed by atoms with van der Waals surface area (Å²) in [6, 6.07) is 6.59. The van der Waals surface area contributed by atoms with E-state index in [9.17, 15) is 0 Å². The second kappa shape index (κ2) is 6.69. The molecule has 18 heavy (non-hydrogen) atoms. The Bertz CT molecular complexity index is 328. The maximum Gasteiger partial charge on any atom is 0.0438 e. The highest BCUT2D eigenvalue weighted by atomic mass is 32.1. The van der Waals surface area contributed by atoms with Gasteiger partial charge < -0.3 is 5.32 Å². The van der Waals surface area contributed by atoms with Crippen LogP contribution in [-0.4, -0.2) is 31.1 Å². The fourth-order valence-corrected chi connectivity index (χ4v) is 4.16. The van der Waals surface area contributed by atoms with E-state index in [1.807, 2.05) is 11.3 Å². The van der Waals surface area contributed by atoms with Gasteiger partial charge in [-0.05, 0) is 57.6 Å². The van der Waals surface area contributed by atoms with Crippen molar-refractivity contribution in [2.75, 3.05) is 14.1 Å². The minimum atomic E-state index is 0.612. The Labute approximate surface area is 115 Å². The Kier molecular flexibility index (Phi) is 5.22. The first-order valence-corrected chi connectivity index (χ1v) is 8.06. The van der Waals surface area contributed by atoms with Gasteiger partial charge in [-0.3, -0.25) is 4.90 Å². The van der Waals surface area contributed by atoms with E-state index in [1.165, 1.54) is 37.0 Å². The first-order valence-electron chi connectivity index (χ1n) is 7.18. The number of hydrogen-bond donors (Lipinski definition) is 1. The molecule has 1 saturated carbocycles. The topological polar surface area (TPSA) is 15.3 Å². The SMILES string of the molecule is CCC(c1cccs1)N(C)C1CCC(NC)CC1. The van der Waals surface area contributed by atoms with Crippen molar-refractivity contribution in [3.05, 3.63) is 22.4 Å². The quantitative estimate of drug-likeness (QED) is 0.875. The van der Waals surface area contributed by atoms with Crippen LogP contribution in [0.4, 0.5) is 0 Å². The number of nitrogens with one attached hydrogen (secondary N) is 1. The molecular weight excluding hydrogens is 240 g/mol. The number of hydrogen-bond acceptors (Lipinski definition) is 3. The molecule has 1 atom stereocenters. The minimum absolute atomic E-state index is 0.612. The van der Waals surface area contributed by atoms with Gasteiger partial charge in [-0.2, -0.15) is 0 Å². The fourth-order valence-electron chi connectivity index (χ4n) is 3.20. The van der Waals surface area contributed by atoms with Gasteiger partial charge in [-0.25, -0.2) is 0 Å². The Morgan fingerprint density at radius 3 is 2.61 bits per heavy atom. The van der Waals surface area contributed by atoms with Crippen molar-refractivity contribution in [1.29, 1.82) is 0 Å². The van der Waals surface area contributed by atoms with Crippen LogP contribution in [0.15, 0.2) is 17.5 Å². The first-order chi connectivity index (χ1) is 8.76. The largest absolute Gasteiger partial charge is 0.317 e. The molecule has 1 aromatic heterocycles. The van der Waals surface area contributed by atoms with Crippen LogP contribution < -0.4 is 5.32 Å². The van der Waals surface area contributed by atoms with Gasteiger partial charge in [0.1, 0.15) is 0 Å². The summed E-state index contributed by atoms with van der Waals surface area (Å²) >= 11 is 1.90. The molecule has 0 saturated heterocycles. The summed E-state index contributed by atoms with van der Waals surface area (Å²) < 4.78 is 0. The molecule has 2 rings (SSSR count). The monoisotopic (exact) mass is 266 g/mol. The van der Waals surface area contributed by atoms with Crippen molar-refractivity contribution in [2.24, 2.45) is 0 Å². The lowest BCUT2D eigenvalue weighted by molar-refractivity contribution is 0.126. The van der Waals surface area contributed by atoms with Crippen molar-refractivity contribution in [2.45, 2.75) is 57.2 Å². The summed E-state index contributed by atoms with van der Waals surface area (Å²) in [5.74, 6) is 0. The average Bonchev–Trinajstić information content (AvgIpc) is 2.93. The summed E-state index contributed by atoms with van der Waals surface area (Å²) in [5.41, 5.74) is 0. The first kappa shape index (κ1) is 14.0. The van der Waals surface area contributed by atoms with Gasteiger partial charge >= 0.3 is 0 Å². The van der Waals surface area contributed by atoms with Crippen molar-refractivity contribution in [1.82, 2.24) is 10.2 Å². The lowest BCUT2D eigenvalue weighted by atomic mass is 9.89. The van der Waals surface area contributed by atoms with Gasteiger partial charge in [0.15, 0.2) is 0 Å². The molecular formula is C15H26N2S. The molecule has 1 fully saturated rings. The number of nitrogens with zero attached hydrogens (tertiary/aromatic N) is 1. The normalized spacial score (nSPS) is 26.4. The summed E-state index contributed by atoms with van der Waals surface area (Å²) in [7, 11) is 4.41. The summed E-state index contributed by atoms with van der Waals surface area (Å²) in [6.45, 7) is 2.31. The van der Waals surface area contributed by atoms with Crippen molar-refractivity contribution in [3.8, 4) is 0 Å². The zero-order valence-electron chi connectivity index (χ0n) is 11.9. The maximum atomic E-state index is 3.42.